The van der Waals surface area contributed by atoms with Gasteiger partial charge in [-0.15, -0.1) is 0 Å². The summed E-state index contributed by atoms with van der Waals surface area (Å²) < 4.78 is 0. The van der Waals surface area contributed by atoms with Crippen molar-refractivity contribution in [3.63, 3.8) is 0 Å². The molecule has 0 N–H and O–H groups in total. The molecule has 0 aromatic heterocycles. The quantitative estimate of drug-likeness (QED) is 0.534. The Kier molecular flexibility index (Phi) is 5.15. The van der Waals surface area contributed by atoms with Gasteiger partial charge in [-0.2, -0.15) is 0 Å². The summed E-state index contributed by atoms with van der Waals surface area (Å²) in [6.07, 6.45) is 1.88. The minimum Gasteiger partial charge on any atom is -0.550 e. The monoisotopic (exact) mass is 234 g/mol. The standard InChI is InChI=1S/C8H12O4.Zn/c9-7(10)5-2-1-3-6(4-5)8(11)12;/h5-6H,1-4H2,(H,9,10)(H,11,12);/q;+2/p-2. The van der Waals surface area contributed by atoms with Gasteiger partial charge in [-0.3, -0.25) is 0 Å². The van der Waals surface area contributed by atoms with E-state index in [0.29, 0.717) is 19.3 Å². The molecule has 2 atom stereocenters. The maximum Gasteiger partial charge on any atom is 2.00 e. The van der Waals surface area contributed by atoms with Crippen LogP contribution in [0, 0.1) is 11.8 Å². The molecule has 68 valence electrons. The van der Waals surface area contributed by atoms with Crippen molar-refractivity contribution < 1.29 is 39.3 Å². The summed E-state index contributed by atoms with van der Waals surface area (Å²) in [4.78, 5) is 20.8. The molecule has 1 saturated carbocycles. The van der Waals surface area contributed by atoms with Crippen LogP contribution >= 0.6 is 0 Å². The second kappa shape index (κ2) is 5.33. The van der Waals surface area contributed by atoms with Crippen LogP contribution in [0.25, 0.3) is 0 Å². The van der Waals surface area contributed by atoms with E-state index >= 15 is 0 Å². The van der Waals surface area contributed by atoms with E-state index in [2.05, 4.69) is 0 Å². The number of carbonyl (C=O) groups excluding carboxylic acids is 2. The van der Waals surface area contributed by atoms with E-state index < -0.39 is 23.8 Å². The molecule has 0 saturated heterocycles. The fraction of sp³-hybridized carbons (Fsp3) is 0.750. The molecule has 0 aromatic rings. The predicted octanol–water partition coefficient (Wildman–Crippen LogP) is -1.71. The van der Waals surface area contributed by atoms with Crippen LogP contribution in [0.1, 0.15) is 25.7 Å². The zero-order valence-electron chi connectivity index (χ0n) is 7.32. The van der Waals surface area contributed by atoms with E-state index in [1.807, 2.05) is 0 Å². The molecule has 0 aromatic carbocycles. The van der Waals surface area contributed by atoms with Crippen LogP contribution < -0.4 is 10.2 Å². The van der Waals surface area contributed by atoms with E-state index in [1.54, 1.807) is 0 Å². The van der Waals surface area contributed by atoms with Gasteiger partial charge in [0.1, 0.15) is 0 Å². The van der Waals surface area contributed by atoms with Crippen molar-refractivity contribution in [1.29, 1.82) is 0 Å². The Morgan fingerprint density at radius 3 is 1.69 bits per heavy atom. The molecule has 0 aliphatic heterocycles. The zero-order chi connectivity index (χ0) is 9.14. The van der Waals surface area contributed by atoms with Crippen molar-refractivity contribution in [2.75, 3.05) is 0 Å². The van der Waals surface area contributed by atoms with Crippen LogP contribution in [-0.4, -0.2) is 11.9 Å². The molecule has 5 heteroatoms. The van der Waals surface area contributed by atoms with E-state index in [0.717, 1.165) is 0 Å². The van der Waals surface area contributed by atoms with Crippen LogP contribution in [0.2, 0.25) is 0 Å². The second-order valence-electron chi connectivity index (χ2n) is 3.20. The number of aliphatic carboxylic acids is 2. The van der Waals surface area contributed by atoms with E-state index in [4.69, 9.17) is 0 Å². The molecule has 2 unspecified atom stereocenters. The average molecular weight is 236 g/mol. The molecule has 0 spiro atoms. The third-order valence-corrected chi connectivity index (χ3v) is 2.34. The number of rotatable bonds is 2. The number of carboxylic acid groups (broad SMARTS) is 2. The smallest absolute Gasteiger partial charge is 0.550 e. The molecule has 0 heterocycles. The van der Waals surface area contributed by atoms with Crippen molar-refractivity contribution in [2.45, 2.75) is 25.7 Å². The summed E-state index contributed by atoms with van der Waals surface area (Å²) in [5, 5.41) is 20.8. The van der Waals surface area contributed by atoms with E-state index in [9.17, 15) is 19.8 Å². The van der Waals surface area contributed by atoms with Gasteiger partial charge in [-0.05, 0) is 31.1 Å². The summed E-state index contributed by atoms with van der Waals surface area (Å²) >= 11 is 0. The van der Waals surface area contributed by atoms with Crippen molar-refractivity contribution in [2.24, 2.45) is 11.8 Å². The molecule has 0 bridgehead atoms. The van der Waals surface area contributed by atoms with Gasteiger partial charge >= 0.3 is 19.5 Å². The molecule has 0 radical (unpaired) electrons. The zero-order valence-corrected chi connectivity index (χ0v) is 10.3. The van der Waals surface area contributed by atoms with Crippen LogP contribution in [-0.2, 0) is 29.1 Å². The van der Waals surface area contributed by atoms with Crippen molar-refractivity contribution >= 4 is 11.9 Å². The van der Waals surface area contributed by atoms with Gasteiger partial charge in [0.05, 0.1) is 0 Å². The topological polar surface area (TPSA) is 80.3 Å². The van der Waals surface area contributed by atoms with Crippen molar-refractivity contribution in [3.8, 4) is 0 Å². The first-order valence-corrected chi connectivity index (χ1v) is 4.03. The van der Waals surface area contributed by atoms with Gasteiger partial charge in [0.2, 0.25) is 0 Å². The third kappa shape index (κ3) is 3.43. The third-order valence-electron chi connectivity index (χ3n) is 2.34. The molecule has 1 aliphatic carbocycles. The Morgan fingerprint density at radius 1 is 1.00 bits per heavy atom. The summed E-state index contributed by atoms with van der Waals surface area (Å²) in [5.74, 6) is -3.47. The summed E-state index contributed by atoms with van der Waals surface area (Å²) in [7, 11) is 0. The number of carboxylic acids is 2. The van der Waals surface area contributed by atoms with E-state index in [1.165, 1.54) is 0 Å². The van der Waals surface area contributed by atoms with Crippen LogP contribution in [0.15, 0.2) is 0 Å². The van der Waals surface area contributed by atoms with Gasteiger partial charge in [0, 0.05) is 11.9 Å². The number of hydrogen-bond acceptors (Lipinski definition) is 4. The molecular formula is C8H10O4Zn. The SMILES string of the molecule is O=C([O-])C1CCCC(C(=O)[O-])C1.[Zn+2]. The molecule has 1 rings (SSSR count). The van der Waals surface area contributed by atoms with Gasteiger partial charge in [0.25, 0.3) is 0 Å². The van der Waals surface area contributed by atoms with Gasteiger partial charge in [0.15, 0.2) is 0 Å². The van der Waals surface area contributed by atoms with Crippen LogP contribution in [0.5, 0.6) is 0 Å². The first-order valence-electron chi connectivity index (χ1n) is 4.03. The first-order chi connectivity index (χ1) is 5.61. The average Bonchev–Trinajstić information content (AvgIpc) is 2.04. The normalized spacial score (nSPS) is 27.4. The summed E-state index contributed by atoms with van der Waals surface area (Å²) in [5.41, 5.74) is 0. The predicted molar refractivity (Wildman–Crippen MR) is 35.5 cm³/mol. The molecule has 0 amide bonds. The summed E-state index contributed by atoms with van der Waals surface area (Å²) in [6, 6.07) is 0. The van der Waals surface area contributed by atoms with Gasteiger partial charge < -0.3 is 19.8 Å². The van der Waals surface area contributed by atoms with Crippen LogP contribution in [0.4, 0.5) is 0 Å². The fourth-order valence-corrected chi connectivity index (χ4v) is 1.62. The minimum atomic E-state index is -1.14. The largest absolute Gasteiger partial charge is 2.00 e. The van der Waals surface area contributed by atoms with Crippen LogP contribution in [0.3, 0.4) is 0 Å². The molecule has 1 aliphatic rings. The van der Waals surface area contributed by atoms with Crippen molar-refractivity contribution in [1.82, 2.24) is 0 Å². The second-order valence-corrected chi connectivity index (χ2v) is 3.20. The van der Waals surface area contributed by atoms with Crippen molar-refractivity contribution in [3.05, 3.63) is 0 Å². The minimum absolute atomic E-state index is 0. The maximum atomic E-state index is 10.4. The number of carbonyl (C=O) groups is 2. The van der Waals surface area contributed by atoms with E-state index in [-0.39, 0.29) is 25.9 Å². The molecule has 13 heavy (non-hydrogen) atoms. The Bertz CT molecular complexity index is 184. The Labute approximate surface area is 89.1 Å². The Balaban J connectivity index is 0.00000144. The fourth-order valence-electron chi connectivity index (χ4n) is 1.62. The molecule has 1 fully saturated rings. The molecular weight excluding hydrogens is 225 g/mol. The maximum absolute atomic E-state index is 10.4. The summed E-state index contributed by atoms with van der Waals surface area (Å²) in [6.45, 7) is 0. The first kappa shape index (κ1) is 12.6. The molecule has 4 nitrogen and oxygen atoms in total. The van der Waals surface area contributed by atoms with Gasteiger partial charge in [-0.1, -0.05) is 6.42 Å². The Hall–Kier alpha value is -0.437. The van der Waals surface area contributed by atoms with Gasteiger partial charge in [-0.25, -0.2) is 0 Å². The Morgan fingerprint density at radius 2 is 1.38 bits per heavy atom. The number of hydrogen-bond donors (Lipinski definition) is 0.